The first-order valence-corrected chi connectivity index (χ1v) is 7.89. The Hall–Kier alpha value is -3.35. The third-order valence-electron chi connectivity index (χ3n) is 3.47. The fourth-order valence-corrected chi connectivity index (χ4v) is 2.28. The number of nitrogens with zero attached hydrogens (tertiary/aromatic N) is 2. The van der Waals surface area contributed by atoms with E-state index in [2.05, 4.69) is 15.6 Å². The third-order valence-corrected chi connectivity index (χ3v) is 3.47. The summed E-state index contributed by atoms with van der Waals surface area (Å²) in [5.74, 6) is 0.694. The first kappa shape index (κ1) is 19.0. The van der Waals surface area contributed by atoms with Crippen molar-refractivity contribution in [3.8, 4) is 11.5 Å². The molecule has 0 spiro atoms. The molecule has 0 atom stereocenters. The molecular formula is C19H21N3O4. The molecule has 2 aromatic rings. The van der Waals surface area contributed by atoms with Crippen LogP contribution in [0.25, 0.3) is 0 Å². The van der Waals surface area contributed by atoms with Gasteiger partial charge in [-0.3, -0.25) is 4.79 Å². The maximum atomic E-state index is 12.1. The van der Waals surface area contributed by atoms with Crippen LogP contribution >= 0.6 is 0 Å². The molecule has 2 rings (SSSR count). The summed E-state index contributed by atoms with van der Waals surface area (Å²) in [6.07, 6.45) is 0. The van der Waals surface area contributed by atoms with E-state index in [9.17, 15) is 4.79 Å². The van der Waals surface area contributed by atoms with E-state index >= 15 is 0 Å². The summed E-state index contributed by atoms with van der Waals surface area (Å²) in [6, 6.07) is 14.5. The first-order chi connectivity index (χ1) is 12.6. The molecular weight excluding hydrogens is 334 g/mol. The number of amides is 1. The van der Waals surface area contributed by atoms with E-state index in [0.717, 1.165) is 11.3 Å². The molecule has 0 fully saturated rings. The molecule has 7 nitrogen and oxygen atoms in total. The fourth-order valence-electron chi connectivity index (χ4n) is 2.28. The van der Waals surface area contributed by atoms with E-state index in [-0.39, 0.29) is 11.6 Å². The van der Waals surface area contributed by atoms with Gasteiger partial charge in [-0.2, -0.15) is 0 Å². The number of carbonyl (C=O) groups excluding carboxylic acids is 1. The van der Waals surface area contributed by atoms with Crippen LogP contribution in [0, 0.1) is 0 Å². The van der Waals surface area contributed by atoms with Gasteiger partial charge < -0.3 is 19.7 Å². The number of oxime groups is 2. The molecule has 0 radical (unpaired) electrons. The predicted octanol–water partition coefficient (Wildman–Crippen LogP) is 2.95. The number of rotatable bonds is 7. The van der Waals surface area contributed by atoms with E-state index < -0.39 is 0 Å². The van der Waals surface area contributed by atoms with Crippen molar-refractivity contribution >= 4 is 17.3 Å². The van der Waals surface area contributed by atoms with E-state index in [4.69, 9.17) is 14.4 Å². The lowest BCUT2D eigenvalue weighted by Gasteiger charge is -2.12. The number of ether oxygens (including phenoxy) is 1. The maximum absolute atomic E-state index is 12.1. The molecule has 136 valence electrons. The molecule has 0 unspecified atom stereocenters. The van der Waals surface area contributed by atoms with Gasteiger partial charge in [0.1, 0.15) is 25.7 Å². The summed E-state index contributed by atoms with van der Waals surface area (Å²) < 4.78 is 5.99. The minimum absolute atomic E-state index is 0.124. The molecule has 0 aromatic heterocycles. The van der Waals surface area contributed by atoms with Crippen LogP contribution < -0.4 is 10.1 Å². The van der Waals surface area contributed by atoms with Crippen molar-refractivity contribution < 1.29 is 19.2 Å². The van der Waals surface area contributed by atoms with Gasteiger partial charge in [0.2, 0.25) is 0 Å². The lowest BCUT2D eigenvalue weighted by atomic mass is 10.1. The highest BCUT2D eigenvalue weighted by atomic mass is 16.6. The molecule has 0 saturated carbocycles. The van der Waals surface area contributed by atoms with Crippen LogP contribution in [-0.2, 0) is 14.5 Å². The Bertz CT molecular complexity index is 831. The van der Waals surface area contributed by atoms with Gasteiger partial charge in [0.25, 0.3) is 5.91 Å². The normalized spacial score (nSPS) is 11.7. The number of nitrogens with one attached hydrogen (secondary N) is 1. The Morgan fingerprint density at radius 1 is 1.00 bits per heavy atom. The Kier molecular flexibility index (Phi) is 6.73. The number of hydrogen-bond acceptors (Lipinski definition) is 6. The zero-order valence-electron chi connectivity index (χ0n) is 15.1. The second-order valence-electron chi connectivity index (χ2n) is 5.19. The lowest BCUT2D eigenvalue weighted by Crippen LogP contribution is -2.28. The summed E-state index contributed by atoms with van der Waals surface area (Å²) in [7, 11) is 4.40. The summed E-state index contributed by atoms with van der Waals surface area (Å²) in [6.45, 7) is 1.84. The van der Waals surface area contributed by atoms with Crippen molar-refractivity contribution in [3.05, 3.63) is 59.7 Å². The Morgan fingerprint density at radius 2 is 1.73 bits per heavy atom. The Balaban J connectivity index is 2.40. The molecule has 0 aliphatic rings. The Morgan fingerprint density at radius 3 is 2.42 bits per heavy atom. The van der Waals surface area contributed by atoms with Crippen molar-refractivity contribution in [2.24, 2.45) is 10.3 Å². The van der Waals surface area contributed by atoms with E-state index in [1.807, 2.05) is 37.3 Å². The standard InChI is InChI=1S/C19H21N3O4/c1-13(21-24-3)14-8-7-9-15(12-14)26-17-11-6-5-10-16(17)18(22-25-4)19(23)20-2/h5-12H,1-4H3,(H,20,23)/b21-13-,22-18+. The van der Waals surface area contributed by atoms with Crippen LogP contribution in [0.3, 0.4) is 0 Å². The second kappa shape index (κ2) is 9.22. The number of hydrogen-bond donors (Lipinski definition) is 1. The van der Waals surface area contributed by atoms with Crippen molar-refractivity contribution in [1.29, 1.82) is 0 Å². The first-order valence-electron chi connectivity index (χ1n) is 7.89. The van der Waals surface area contributed by atoms with Crippen LogP contribution in [0.5, 0.6) is 11.5 Å². The quantitative estimate of drug-likeness (QED) is 0.611. The molecule has 0 aliphatic carbocycles. The average molecular weight is 355 g/mol. The molecule has 1 N–H and O–H groups in total. The van der Waals surface area contributed by atoms with Crippen LogP contribution in [0.15, 0.2) is 58.8 Å². The molecule has 0 bridgehead atoms. The van der Waals surface area contributed by atoms with Crippen LogP contribution in [-0.4, -0.2) is 38.6 Å². The average Bonchev–Trinajstić information content (AvgIpc) is 2.66. The van der Waals surface area contributed by atoms with Gasteiger partial charge >= 0.3 is 0 Å². The van der Waals surface area contributed by atoms with Gasteiger partial charge in [-0.25, -0.2) is 0 Å². The number of carbonyl (C=O) groups is 1. The van der Waals surface area contributed by atoms with Gasteiger partial charge in [-0.15, -0.1) is 0 Å². The van der Waals surface area contributed by atoms with Crippen molar-refractivity contribution in [3.63, 3.8) is 0 Å². The summed E-state index contributed by atoms with van der Waals surface area (Å²) >= 11 is 0. The topological polar surface area (TPSA) is 81.5 Å². The van der Waals surface area contributed by atoms with Gasteiger partial charge in [-0.1, -0.05) is 34.6 Å². The molecule has 0 saturated heterocycles. The van der Waals surface area contributed by atoms with Gasteiger partial charge in [0.15, 0.2) is 5.71 Å². The maximum Gasteiger partial charge on any atom is 0.273 e. The van der Waals surface area contributed by atoms with Gasteiger partial charge in [0, 0.05) is 12.6 Å². The zero-order chi connectivity index (χ0) is 18.9. The molecule has 0 aliphatic heterocycles. The van der Waals surface area contributed by atoms with Crippen molar-refractivity contribution in [1.82, 2.24) is 5.32 Å². The van der Waals surface area contributed by atoms with Crippen LogP contribution in [0.1, 0.15) is 18.1 Å². The van der Waals surface area contributed by atoms with E-state index in [1.54, 1.807) is 18.2 Å². The fraction of sp³-hybridized carbons (Fsp3) is 0.211. The highest BCUT2D eigenvalue weighted by Gasteiger charge is 2.18. The number of benzene rings is 2. The zero-order valence-corrected chi connectivity index (χ0v) is 15.1. The minimum Gasteiger partial charge on any atom is -0.457 e. The van der Waals surface area contributed by atoms with Crippen LogP contribution in [0.4, 0.5) is 0 Å². The van der Waals surface area contributed by atoms with E-state index in [0.29, 0.717) is 17.1 Å². The van der Waals surface area contributed by atoms with Gasteiger partial charge in [0.05, 0.1) is 11.3 Å². The molecule has 1 amide bonds. The minimum atomic E-state index is -0.375. The van der Waals surface area contributed by atoms with E-state index in [1.165, 1.54) is 21.3 Å². The monoisotopic (exact) mass is 355 g/mol. The highest BCUT2D eigenvalue weighted by Crippen LogP contribution is 2.27. The predicted molar refractivity (Wildman–Crippen MR) is 99.8 cm³/mol. The SMILES string of the molecule is CNC(=O)/C(=N/OC)c1ccccc1Oc1cccc(/C(C)=N\OC)c1. The van der Waals surface area contributed by atoms with Gasteiger partial charge in [-0.05, 0) is 31.2 Å². The third kappa shape index (κ3) is 4.60. The second-order valence-corrected chi connectivity index (χ2v) is 5.19. The molecule has 7 heteroatoms. The van der Waals surface area contributed by atoms with Crippen LogP contribution in [0.2, 0.25) is 0 Å². The highest BCUT2D eigenvalue weighted by molar-refractivity contribution is 6.45. The van der Waals surface area contributed by atoms with Crippen molar-refractivity contribution in [2.75, 3.05) is 21.3 Å². The number of para-hydroxylation sites is 1. The molecule has 26 heavy (non-hydrogen) atoms. The molecule has 2 aromatic carbocycles. The largest absolute Gasteiger partial charge is 0.457 e. The Labute approximate surface area is 152 Å². The number of likely N-dealkylation sites (N-methyl/N-ethyl adjacent to an activating group) is 1. The smallest absolute Gasteiger partial charge is 0.273 e. The summed E-state index contributed by atoms with van der Waals surface area (Å²) in [5.41, 5.74) is 2.22. The lowest BCUT2D eigenvalue weighted by molar-refractivity contribution is -0.114. The molecule has 0 heterocycles. The summed E-state index contributed by atoms with van der Waals surface area (Å²) in [4.78, 5) is 21.7. The summed E-state index contributed by atoms with van der Waals surface area (Å²) in [5, 5.41) is 10.3. The van der Waals surface area contributed by atoms with Crippen molar-refractivity contribution in [2.45, 2.75) is 6.92 Å².